The van der Waals surface area contributed by atoms with E-state index in [0.717, 1.165) is 34.9 Å². The second-order valence-electron chi connectivity index (χ2n) is 6.59. The van der Waals surface area contributed by atoms with Gasteiger partial charge >= 0.3 is 0 Å². The minimum Gasteiger partial charge on any atom is -0.388 e. The van der Waals surface area contributed by atoms with Crippen molar-refractivity contribution in [1.82, 2.24) is 14.8 Å². The second kappa shape index (κ2) is 8.46. The lowest BCUT2D eigenvalue weighted by molar-refractivity contribution is 0.204. The van der Waals surface area contributed by atoms with Gasteiger partial charge in [-0.05, 0) is 37.6 Å². The highest BCUT2D eigenvalue weighted by Gasteiger charge is 2.16. The zero-order chi connectivity index (χ0) is 20.3. The first-order chi connectivity index (χ1) is 13.3. The highest BCUT2D eigenvalue weighted by atomic mass is 32.2. The normalized spacial score (nSPS) is 12.9. The van der Waals surface area contributed by atoms with Crippen LogP contribution in [-0.2, 0) is 16.4 Å². The van der Waals surface area contributed by atoms with Gasteiger partial charge in [0.25, 0.3) is 0 Å². The summed E-state index contributed by atoms with van der Waals surface area (Å²) in [5.74, 6) is 1.20. The summed E-state index contributed by atoms with van der Waals surface area (Å²) in [6, 6.07) is 14.4. The van der Waals surface area contributed by atoms with Crippen LogP contribution in [0.1, 0.15) is 24.2 Å². The molecule has 3 rings (SSSR count). The molecular weight excluding hydrogens is 394 g/mol. The Balaban J connectivity index is 1.74. The van der Waals surface area contributed by atoms with Crippen LogP contribution in [0.2, 0.25) is 0 Å². The summed E-state index contributed by atoms with van der Waals surface area (Å²) < 4.78 is 25.1. The fourth-order valence-corrected chi connectivity index (χ4v) is 4.46. The monoisotopic (exact) mass is 417 g/mol. The summed E-state index contributed by atoms with van der Waals surface area (Å²) in [6.45, 7) is 4.79. The third-order valence-corrected chi connectivity index (χ3v) is 6.54. The molecule has 148 valence electrons. The lowest BCUT2D eigenvalue weighted by atomic mass is 10.1. The van der Waals surface area contributed by atoms with Gasteiger partial charge in [-0.3, -0.25) is 0 Å². The fraction of sp³-hybridized carbons (Fsp3) is 0.300. The van der Waals surface area contributed by atoms with Crippen LogP contribution in [0.4, 0.5) is 0 Å². The van der Waals surface area contributed by atoms with Gasteiger partial charge in [0.2, 0.25) is 0 Å². The molecule has 0 aliphatic rings. The van der Waals surface area contributed by atoms with Crippen molar-refractivity contribution in [2.45, 2.75) is 36.5 Å². The highest BCUT2D eigenvalue weighted by Crippen LogP contribution is 2.28. The molecule has 0 aliphatic heterocycles. The molecule has 28 heavy (non-hydrogen) atoms. The Kier molecular flexibility index (Phi) is 6.22. The van der Waals surface area contributed by atoms with Crippen molar-refractivity contribution in [3.8, 4) is 11.4 Å². The Labute approximate surface area is 169 Å². The van der Waals surface area contributed by atoms with Gasteiger partial charge in [0.15, 0.2) is 20.8 Å². The van der Waals surface area contributed by atoms with E-state index in [9.17, 15) is 13.5 Å². The Morgan fingerprint density at radius 2 is 1.86 bits per heavy atom. The summed E-state index contributed by atoms with van der Waals surface area (Å²) in [6.07, 6.45) is 0.431. The van der Waals surface area contributed by atoms with Crippen LogP contribution >= 0.6 is 11.8 Å². The van der Waals surface area contributed by atoms with Crippen LogP contribution in [-0.4, -0.2) is 40.3 Å². The molecule has 0 amide bonds. The average molecular weight is 418 g/mol. The Hall–Kier alpha value is -2.16. The van der Waals surface area contributed by atoms with E-state index >= 15 is 0 Å². The van der Waals surface area contributed by atoms with Gasteiger partial charge in [-0.25, -0.2) is 8.42 Å². The summed E-state index contributed by atoms with van der Waals surface area (Å²) in [5.41, 5.74) is 2.84. The van der Waals surface area contributed by atoms with E-state index < -0.39 is 15.9 Å². The Bertz CT molecular complexity index is 1060. The van der Waals surface area contributed by atoms with Gasteiger partial charge in [-0.1, -0.05) is 47.7 Å². The van der Waals surface area contributed by atoms with Crippen LogP contribution in [0.25, 0.3) is 11.4 Å². The van der Waals surface area contributed by atoms with E-state index in [-0.39, 0.29) is 4.90 Å². The molecule has 0 aliphatic carbocycles. The van der Waals surface area contributed by atoms with E-state index in [1.165, 1.54) is 23.9 Å². The second-order valence-corrected chi connectivity index (χ2v) is 9.59. The molecule has 1 aromatic heterocycles. The number of aryl methyl sites for hydroxylation is 1. The molecule has 0 radical (unpaired) electrons. The van der Waals surface area contributed by atoms with E-state index in [1.807, 2.05) is 36.6 Å². The molecule has 1 N–H and O–H groups in total. The van der Waals surface area contributed by atoms with Crippen molar-refractivity contribution in [3.05, 3.63) is 59.7 Å². The molecule has 0 bridgehead atoms. The topological polar surface area (TPSA) is 85.1 Å². The zero-order valence-corrected chi connectivity index (χ0v) is 17.7. The van der Waals surface area contributed by atoms with Gasteiger partial charge in [0.05, 0.1) is 11.0 Å². The van der Waals surface area contributed by atoms with Crippen molar-refractivity contribution < 1.29 is 13.5 Å². The highest BCUT2D eigenvalue weighted by molar-refractivity contribution is 7.99. The molecule has 1 unspecified atom stereocenters. The molecule has 0 saturated carbocycles. The minimum absolute atomic E-state index is 0.240. The molecule has 0 spiro atoms. The smallest absolute Gasteiger partial charge is 0.191 e. The number of aromatic nitrogens is 3. The predicted octanol–water partition coefficient (Wildman–Crippen LogP) is 3.50. The van der Waals surface area contributed by atoms with E-state index in [2.05, 4.69) is 16.3 Å². The number of benzene rings is 2. The zero-order valence-electron chi connectivity index (χ0n) is 16.0. The molecular formula is C20H23N3O3S2. The van der Waals surface area contributed by atoms with Gasteiger partial charge in [0.1, 0.15) is 0 Å². The van der Waals surface area contributed by atoms with Crippen molar-refractivity contribution in [3.63, 3.8) is 0 Å². The maximum atomic E-state index is 11.6. The summed E-state index contributed by atoms with van der Waals surface area (Å²) in [7, 11) is -3.24. The molecule has 8 heteroatoms. The van der Waals surface area contributed by atoms with Crippen LogP contribution in [0.3, 0.4) is 0 Å². The number of sulfone groups is 1. The van der Waals surface area contributed by atoms with Crippen LogP contribution in [0, 0.1) is 6.92 Å². The summed E-state index contributed by atoms with van der Waals surface area (Å²) >= 11 is 1.43. The SMILES string of the molecule is CCn1c(SCC(O)c2ccc(S(C)(=O)=O)cc2)nnc1-c1cccc(C)c1. The van der Waals surface area contributed by atoms with Crippen LogP contribution < -0.4 is 0 Å². The molecule has 6 nitrogen and oxygen atoms in total. The number of hydrogen-bond acceptors (Lipinski definition) is 6. The van der Waals surface area contributed by atoms with Gasteiger partial charge in [-0.2, -0.15) is 0 Å². The van der Waals surface area contributed by atoms with Gasteiger partial charge in [-0.15, -0.1) is 10.2 Å². The largest absolute Gasteiger partial charge is 0.388 e. The minimum atomic E-state index is -3.24. The number of thioether (sulfide) groups is 1. The van der Waals surface area contributed by atoms with Crippen molar-refractivity contribution in [2.75, 3.05) is 12.0 Å². The lowest BCUT2D eigenvalue weighted by Crippen LogP contribution is -2.05. The van der Waals surface area contributed by atoms with Gasteiger partial charge in [0, 0.05) is 24.1 Å². The number of aliphatic hydroxyl groups excluding tert-OH is 1. The number of rotatable bonds is 7. The molecule has 1 heterocycles. The molecule has 2 aromatic carbocycles. The summed E-state index contributed by atoms with van der Waals surface area (Å²) in [4.78, 5) is 0.240. The van der Waals surface area contributed by atoms with E-state index in [4.69, 9.17) is 0 Å². The quantitative estimate of drug-likeness (QED) is 0.592. The third kappa shape index (κ3) is 4.63. The van der Waals surface area contributed by atoms with E-state index in [0.29, 0.717) is 11.3 Å². The number of hydrogen-bond donors (Lipinski definition) is 1. The summed E-state index contributed by atoms with van der Waals surface area (Å²) in [5, 5.41) is 19.8. The maximum absolute atomic E-state index is 11.6. The first kappa shape index (κ1) is 20.6. The Morgan fingerprint density at radius 1 is 1.14 bits per heavy atom. The molecule has 0 saturated heterocycles. The third-order valence-electron chi connectivity index (χ3n) is 4.37. The van der Waals surface area contributed by atoms with Gasteiger partial charge < -0.3 is 9.67 Å². The number of nitrogens with zero attached hydrogens (tertiary/aromatic N) is 3. The molecule has 0 fully saturated rings. The first-order valence-electron chi connectivity index (χ1n) is 8.90. The molecule has 3 aromatic rings. The number of aliphatic hydroxyl groups is 1. The van der Waals surface area contributed by atoms with Crippen LogP contribution in [0.5, 0.6) is 0 Å². The standard InChI is InChI=1S/C20H23N3O3S2/c1-4-23-19(16-7-5-6-14(2)12-16)21-22-20(23)27-13-18(24)15-8-10-17(11-9-15)28(3,25)26/h5-12,18,24H,4,13H2,1-3H3. The first-order valence-corrected chi connectivity index (χ1v) is 11.8. The van der Waals surface area contributed by atoms with Crippen molar-refractivity contribution in [2.24, 2.45) is 0 Å². The average Bonchev–Trinajstić information content (AvgIpc) is 3.08. The van der Waals surface area contributed by atoms with E-state index in [1.54, 1.807) is 12.1 Å². The fourth-order valence-electron chi connectivity index (χ4n) is 2.87. The maximum Gasteiger partial charge on any atom is 0.191 e. The lowest BCUT2D eigenvalue weighted by Gasteiger charge is -2.12. The van der Waals surface area contributed by atoms with Crippen molar-refractivity contribution in [1.29, 1.82) is 0 Å². The molecule has 1 atom stereocenters. The Morgan fingerprint density at radius 3 is 2.46 bits per heavy atom. The predicted molar refractivity (Wildman–Crippen MR) is 111 cm³/mol. The van der Waals surface area contributed by atoms with Crippen LogP contribution in [0.15, 0.2) is 58.6 Å². The van der Waals surface area contributed by atoms with Crippen molar-refractivity contribution >= 4 is 21.6 Å².